The molecule has 0 spiro atoms. The highest BCUT2D eigenvalue weighted by Gasteiger charge is 2.29. The first-order valence-electron chi connectivity index (χ1n) is 12.6. The van der Waals surface area contributed by atoms with Gasteiger partial charge in [0, 0.05) is 50.8 Å². The number of anilines is 2. The number of nitrogens with zero attached hydrogens (tertiary/aromatic N) is 2. The van der Waals surface area contributed by atoms with E-state index in [0.29, 0.717) is 25.4 Å². The molecule has 194 valence electrons. The number of nitrogens with one attached hydrogen (secondary N) is 2. The predicted octanol–water partition coefficient (Wildman–Crippen LogP) is 5.42. The topological polar surface area (TPSA) is 90.5 Å². The highest BCUT2D eigenvalue weighted by molar-refractivity contribution is 8.05. The van der Waals surface area contributed by atoms with Gasteiger partial charge in [0.1, 0.15) is 11.8 Å². The van der Waals surface area contributed by atoms with Crippen LogP contribution in [0.2, 0.25) is 0 Å². The van der Waals surface area contributed by atoms with Gasteiger partial charge < -0.3 is 25.0 Å². The molecular formula is C29H28N4O3S2. The molecule has 38 heavy (non-hydrogen) atoms. The molecule has 9 heteroatoms. The summed E-state index contributed by atoms with van der Waals surface area (Å²) in [6, 6.07) is 20.1. The van der Waals surface area contributed by atoms with Gasteiger partial charge in [-0.1, -0.05) is 35.7 Å². The number of hydrogen-bond acceptors (Lipinski definition) is 8. The summed E-state index contributed by atoms with van der Waals surface area (Å²) in [5.74, 6) is 0. The second kappa shape index (κ2) is 10.9. The van der Waals surface area contributed by atoms with Gasteiger partial charge in [-0.15, -0.1) is 0 Å². The molecular weight excluding hydrogens is 516 g/mol. The number of morpholine rings is 1. The van der Waals surface area contributed by atoms with Crippen molar-refractivity contribution >= 4 is 34.9 Å². The van der Waals surface area contributed by atoms with Gasteiger partial charge in [-0.3, -0.25) is 9.78 Å². The Bertz CT molecular complexity index is 1530. The molecule has 0 radical (unpaired) electrons. The minimum Gasteiger partial charge on any atom is -0.394 e. The van der Waals surface area contributed by atoms with Crippen molar-refractivity contribution in [3.8, 4) is 0 Å². The molecule has 2 atom stereocenters. The molecule has 3 N–H and O–H groups in total. The van der Waals surface area contributed by atoms with Crippen molar-refractivity contribution < 1.29 is 9.84 Å². The molecule has 1 fully saturated rings. The third-order valence-electron chi connectivity index (χ3n) is 6.75. The molecule has 4 heterocycles. The monoisotopic (exact) mass is 544 g/mol. The predicted molar refractivity (Wildman–Crippen MR) is 152 cm³/mol. The Labute approximate surface area is 229 Å². The lowest BCUT2D eigenvalue weighted by molar-refractivity contribution is 0.0378. The average Bonchev–Trinajstić information content (AvgIpc) is 2.94. The first kappa shape index (κ1) is 25.1. The van der Waals surface area contributed by atoms with Crippen molar-refractivity contribution in [2.45, 2.75) is 38.7 Å². The number of aryl methyl sites for hydroxylation is 1. The van der Waals surface area contributed by atoms with E-state index in [1.54, 1.807) is 35.9 Å². The summed E-state index contributed by atoms with van der Waals surface area (Å²) in [6.07, 6.45) is 3.31. The van der Waals surface area contributed by atoms with E-state index in [0.717, 1.165) is 22.5 Å². The van der Waals surface area contributed by atoms with E-state index in [1.165, 1.54) is 19.6 Å². The van der Waals surface area contributed by atoms with Crippen LogP contribution >= 0.6 is 23.5 Å². The molecule has 2 unspecified atom stereocenters. The molecule has 0 aliphatic carbocycles. The zero-order chi connectivity index (χ0) is 26.1. The number of fused-ring (bicyclic) bond motifs is 2. The smallest absolute Gasteiger partial charge is 0.271 e. The molecule has 6 rings (SSSR count). The minimum atomic E-state index is -0.281. The lowest BCUT2D eigenvalue weighted by atomic mass is 10.1. The summed E-state index contributed by atoms with van der Waals surface area (Å²) >= 11 is 3.50. The SMILES string of the molecule is Cc1ccnc(C(CO)Nc2ccc3c(c2)Sc2cccc(C4CN(c5ccc[nH]c5=O)CCO4)c2S3)c1. The van der Waals surface area contributed by atoms with Crippen LogP contribution in [0.5, 0.6) is 0 Å². The highest BCUT2D eigenvalue weighted by Crippen LogP contribution is 2.52. The van der Waals surface area contributed by atoms with Crippen LogP contribution in [0.15, 0.2) is 97.4 Å². The summed E-state index contributed by atoms with van der Waals surface area (Å²) in [6.45, 7) is 3.85. The van der Waals surface area contributed by atoms with Crippen LogP contribution in [-0.4, -0.2) is 41.4 Å². The van der Waals surface area contributed by atoms with Gasteiger partial charge >= 0.3 is 0 Å². The van der Waals surface area contributed by atoms with E-state index >= 15 is 0 Å². The van der Waals surface area contributed by atoms with Crippen molar-refractivity contribution in [1.82, 2.24) is 9.97 Å². The first-order valence-corrected chi connectivity index (χ1v) is 14.2. The van der Waals surface area contributed by atoms with Gasteiger partial charge in [0.15, 0.2) is 0 Å². The van der Waals surface area contributed by atoms with Crippen LogP contribution < -0.4 is 15.8 Å². The van der Waals surface area contributed by atoms with E-state index in [9.17, 15) is 9.90 Å². The number of aliphatic hydroxyl groups is 1. The molecule has 2 aliphatic rings. The maximum Gasteiger partial charge on any atom is 0.271 e. The van der Waals surface area contributed by atoms with Gasteiger partial charge in [-0.25, -0.2) is 0 Å². The summed E-state index contributed by atoms with van der Waals surface area (Å²) in [4.78, 5) is 26.4. The number of aliphatic hydroxyl groups excluding tert-OH is 1. The molecule has 7 nitrogen and oxygen atoms in total. The lowest BCUT2D eigenvalue weighted by Gasteiger charge is -2.35. The van der Waals surface area contributed by atoms with Gasteiger partial charge in [-0.05, 0) is 66.6 Å². The Balaban J connectivity index is 1.23. The van der Waals surface area contributed by atoms with Crippen LogP contribution in [0.1, 0.15) is 29.0 Å². The highest BCUT2D eigenvalue weighted by atomic mass is 32.2. The molecule has 4 aromatic rings. The third kappa shape index (κ3) is 5.07. The fourth-order valence-electron chi connectivity index (χ4n) is 4.85. The zero-order valence-electron chi connectivity index (χ0n) is 20.9. The van der Waals surface area contributed by atoms with Crippen molar-refractivity contribution in [2.24, 2.45) is 0 Å². The minimum absolute atomic E-state index is 0.0467. The van der Waals surface area contributed by atoms with Crippen molar-refractivity contribution in [3.63, 3.8) is 0 Å². The number of aromatic nitrogens is 2. The first-order chi connectivity index (χ1) is 18.6. The quantitative estimate of drug-likeness (QED) is 0.261. The fraction of sp³-hybridized carbons (Fsp3) is 0.241. The summed E-state index contributed by atoms with van der Waals surface area (Å²) in [7, 11) is 0. The van der Waals surface area contributed by atoms with Gasteiger partial charge in [0.2, 0.25) is 0 Å². The summed E-state index contributed by atoms with van der Waals surface area (Å²) in [5, 5.41) is 13.5. The van der Waals surface area contributed by atoms with E-state index in [1.807, 2.05) is 31.2 Å². The Morgan fingerprint density at radius 2 is 2.05 bits per heavy atom. The van der Waals surface area contributed by atoms with Crippen LogP contribution in [0.4, 0.5) is 11.4 Å². The number of pyridine rings is 2. The van der Waals surface area contributed by atoms with Gasteiger partial charge in [0.05, 0.1) is 24.9 Å². The normalized spacial score (nSPS) is 17.4. The molecule has 2 aromatic heterocycles. The molecule has 1 saturated heterocycles. The number of aromatic amines is 1. The average molecular weight is 545 g/mol. The van der Waals surface area contributed by atoms with Gasteiger partial charge in [-0.2, -0.15) is 0 Å². The molecule has 0 bridgehead atoms. The number of benzene rings is 2. The third-order valence-corrected chi connectivity index (χ3v) is 9.37. The Morgan fingerprint density at radius 3 is 2.89 bits per heavy atom. The van der Waals surface area contributed by atoms with Crippen LogP contribution in [0.3, 0.4) is 0 Å². The van der Waals surface area contributed by atoms with Crippen LogP contribution in [-0.2, 0) is 4.74 Å². The van der Waals surface area contributed by atoms with E-state index in [4.69, 9.17) is 4.74 Å². The molecule has 0 amide bonds. The number of rotatable bonds is 6. The second-order valence-corrected chi connectivity index (χ2v) is 11.5. The van der Waals surface area contributed by atoms with Crippen molar-refractivity contribution in [3.05, 3.63) is 100 Å². The number of hydrogen-bond donors (Lipinski definition) is 3. The maximum absolute atomic E-state index is 12.4. The maximum atomic E-state index is 12.4. The van der Waals surface area contributed by atoms with Crippen LogP contribution in [0.25, 0.3) is 0 Å². The van der Waals surface area contributed by atoms with Gasteiger partial charge in [0.25, 0.3) is 5.56 Å². The second-order valence-electron chi connectivity index (χ2n) is 9.37. The van der Waals surface area contributed by atoms with Crippen molar-refractivity contribution in [1.29, 1.82) is 0 Å². The lowest BCUT2D eigenvalue weighted by Crippen LogP contribution is -2.41. The van der Waals surface area contributed by atoms with E-state index in [2.05, 4.69) is 56.6 Å². The van der Waals surface area contributed by atoms with E-state index in [-0.39, 0.29) is 24.3 Å². The molecule has 2 aliphatic heterocycles. The Morgan fingerprint density at radius 1 is 1.13 bits per heavy atom. The summed E-state index contributed by atoms with van der Waals surface area (Å²) < 4.78 is 6.22. The molecule has 0 saturated carbocycles. The van der Waals surface area contributed by atoms with E-state index < -0.39 is 0 Å². The molecule has 2 aromatic carbocycles. The largest absolute Gasteiger partial charge is 0.394 e. The van der Waals surface area contributed by atoms with Crippen LogP contribution in [0, 0.1) is 6.92 Å². The van der Waals surface area contributed by atoms with Crippen molar-refractivity contribution in [2.75, 3.05) is 36.5 Å². The Hall–Kier alpha value is -3.24. The summed E-state index contributed by atoms with van der Waals surface area (Å²) in [5.41, 5.74) is 4.63. The Kier molecular flexibility index (Phi) is 7.16. The zero-order valence-corrected chi connectivity index (χ0v) is 22.5. The fourth-order valence-corrected chi connectivity index (χ4v) is 7.30. The number of H-pyrrole nitrogens is 1. The standard InChI is InChI=1S/C29H28N4O3S2/c1-18-9-11-30-21(14-18)22(17-34)32-19-7-8-25-27(15-19)37-26-6-2-4-20(28(26)38-25)24-16-33(12-13-36-24)23-5-3-10-31-29(23)35/h2-11,14-15,22,24,32,34H,12-13,16-17H2,1H3,(H,31,35). The number of ether oxygens (including phenoxy) is 1.